The molecule has 0 saturated heterocycles. The van der Waals surface area contributed by atoms with Gasteiger partial charge in [-0.05, 0) is 31.7 Å². The van der Waals surface area contributed by atoms with E-state index in [4.69, 9.17) is 19.0 Å². The molecule has 18 heavy (non-hydrogen) atoms. The van der Waals surface area contributed by atoms with Crippen LogP contribution in [0.4, 0.5) is 0 Å². The largest absolute Gasteiger partial charge is 0.478 e. The van der Waals surface area contributed by atoms with Crippen LogP contribution in [0.15, 0.2) is 16.7 Å². The number of ether oxygens (including phenoxy) is 2. The molecule has 0 bridgehead atoms. The minimum atomic E-state index is -0.985. The van der Waals surface area contributed by atoms with Gasteiger partial charge in [-0.2, -0.15) is 0 Å². The molecule has 1 aliphatic rings. The van der Waals surface area contributed by atoms with Crippen LogP contribution in [-0.2, 0) is 16.1 Å². The molecular formula is C13H18O5. The number of hydrogen-bond donors (Lipinski definition) is 1. The summed E-state index contributed by atoms with van der Waals surface area (Å²) in [4.78, 5) is 10.9. The molecule has 2 rings (SSSR count). The van der Waals surface area contributed by atoms with E-state index in [1.807, 2.05) is 0 Å². The van der Waals surface area contributed by atoms with Crippen molar-refractivity contribution in [3.8, 4) is 0 Å². The van der Waals surface area contributed by atoms with Crippen LogP contribution < -0.4 is 0 Å². The zero-order valence-corrected chi connectivity index (χ0v) is 10.4. The Balaban J connectivity index is 1.87. The predicted molar refractivity (Wildman–Crippen MR) is 63.5 cm³/mol. The smallest absolute Gasteiger partial charge is 0.339 e. The van der Waals surface area contributed by atoms with Crippen LogP contribution in [0.1, 0.15) is 41.8 Å². The number of furan rings is 1. The molecule has 2 unspecified atom stereocenters. The van der Waals surface area contributed by atoms with Crippen LogP contribution in [0.2, 0.25) is 0 Å². The topological polar surface area (TPSA) is 68.9 Å². The predicted octanol–water partition coefficient (Wildman–Crippen LogP) is 2.45. The molecule has 100 valence electrons. The van der Waals surface area contributed by atoms with Crippen LogP contribution in [0.5, 0.6) is 0 Å². The Labute approximate surface area is 106 Å². The van der Waals surface area contributed by atoms with Gasteiger partial charge in [0, 0.05) is 7.11 Å². The standard InChI is InChI=1S/C13H18O5/c1-16-9-3-2-4-10(7-9)18-8-12-11(13(14)15)5-6-17-12/h5-6,9-10H,2-4,7-8H2,1H3,(H,14,15). The van der Waals surface area contributed by atoms with Crippen molar-refractivity contribution in [2.75, 3.05) is 7.11 Å². The number of carbonyl (C=O) groups is 1. The first-order valence-corrected chi connectivity index (χ1v) is 6.14. The fourth-order valence-corrected chi connectivity index (χ4v) is 2.30. The fourth-order valence-electron chi connectivity index (χ4n) is 2.30. The quantitative estimate of drug-likeness (QED) is 0.874. The van der Waals surface area contributed by atoms with Crippen molar-refractivity contribution in [3.05, 3.63) is 23.7 Å². The molecule has 5 heteroatoms. The van der Waals surface area contributed by atoms with Gasteiger partial charge in [-0.25, -0.2) is 4.79 Å². The van der Waals surface area contributed by atoms with Crippen molar-refractivity contribution in [2.24, 2.45) is 0 Å². The van der Waals surface area contributed by atoms with Crippen molar-refractivity contribution in [3.63, 3.8) is 0 Å². The third kappa shape index (κ3) is 3.11. The first-order chi connectivity index (χ1) is 8.70. The molecule has 0 radical (unpaired) electrons. The lowest BCUT2D eigenvalue weighted by molar-refractivity contribution is -0.0407. The van der Waals surface area contributed by atoms with Crippen LogP contribution in [0.3, 0.4) is 0 Å². The van der Waals surface area contributed by atoms with Crippen LogP contribution in [0, 0.1) is 0 Å². The Morgan fingerprint density at radius 2 is 2.28 bits per heavy atom. The SMILES string of the molecule is COC1CCCC(OCc2occc2C(=O)O)C1. The van der Waals surface area contributed by atoms with E-state index in [1.165, 1.54) is 12.3 Å². The highest BCUT2D eigenvalue weighted by Gasteiger charge is 2.23. The van der Waals surface area contributed by atoms with Gasteiger partial charge in [-0.1, -0.05) is 0 Å². The molecule has 1 aromatic heterocycles. The van der Waals surface area contributed by atoms with E-state index >= 15 is 0 Å². The summed E-state index contributed by atoms with van der Waals surface area (Å²) in [6, 6.07) is 1.44. The summed E-state index contributed by atoms with van der Waals surface area (Å²) < 4.78 is 16.2. The van der Waals surface area contributed by atoms with Crippen molar-refractivity contribution >= 4 is 5.97 Å². The minimum absolute atomic E-state index is 0.121. The Hall–Kier alpha value is -1.33. The molecule has 0 aliphatic heterocycles. The third-order valence-electron chi connectivity index (χ3n) is 3.34. The van der Waals surface area contributed by atoms with Crippen LogP contribution in [-0.4, -0.2) is 30.4 Å². The highest BCUT2D eigenvalue weighted by Crippen LogP contribution is 2.24. The lowest BCUT2D eigenvalue weighted by Gasteiger charge is -2.27. The van der Waals surface area contributed by atoms with Gasteiger partial charge in [0.15, 0.2) is 0 Å². The second-order valence-corrected chi connectivity index (χ2v) is 4.52. The van der Waals surface area contributed by atoms with E-state index in [-0.39, 0.29) is 24.4 Å². The van der Waals surface area contributed by atoms with Crippen molar-refractivity contribution in [2.45, 2.75) is 44.5 Å². The number of rotatable bonds is 5. The average molecular weight is 254 g/mol. The third-order valence-corrected chi connectivity index (χ3v) is 3.34. The Bertz CT molecular complexity index is 398. The molecule has 1 saturated carbocycles. The van der Waals surface area contributed by atoms with E-state index in [0.29, 0.717) is 5.76 Å². The molecule has 0 aromatic carbocycles. The Morgan fingerprint density at radius 3 is 3.00 bits per heavy atom. The summed E-state index contributed by atoms with van der Waals surface area (Å²) in [5.74, 6) is -0.609. The van der Waals surface area contributed by atoms with Gasteiger partial charge in [0.05, 0.1) is 18.5 Å². The molecule has 1 N–H and O–H groups in total. The molecule has 5 nitrogen and oxygen atoms in total. The van der Waals surface area contributed by atoms with E-state index in [0.717, 1.165) is 25.7 Å². The Kier molecular flexibility index (Phi) is 4.38. The van der Waals surface area contributed by atoms with Gasteiger partial charge < -0.3 is 19.0 Å². The number of carboxylic acid groups (broad SMARTS) is 1. The highest BCUT2D eigenvalue weighted by molar-refractivity contribution is 5.88. The van der Waals surface area contributed by atoms with E-state index in [2.05, 4.69) is 0 Å². The fraction of sp³-hybridized carbons (Fsp3) is 0.615. The van der Waals surface area contributed by atoms with E-state index in [1.54, 1.807) is 7.11 Å². The maximum atomic E-state index is 10.9. The molecule has 0 spiro atoms. The summed E-state index contributed by atoms with van der Waals surface area (Å²) in [6.45, 7) is 0.204. The first kappa shape index (κ1) is 13.1. The van der Waals surface area contributed by atoms with E-state index < -0.39 is 5.97 Å². The van der Waals surface area contributed by atoms with Gasteiger partial charge >= 0.3 is 5.97 Å². The molecule has 1 aliphatic carbocycles. The average Bonchev–Trinajstić information content (AvgIpc) is 2.85. The van der Waals surface area contributed by atoms with E-state index in [9.17, 15) is 4.79 Å². The summed E-state index contributed by atoms with van der Waals surface area (Å²) in [7, 11) is 1.71. The Morgan fingerprint density at radius 1 is 1.50 bits per heavy atom. The van der Waals surface area contributed by atoms with Gasteiger partial charge in [0.25, 0.3) is 0 Å². The monoisotopic (exact) mass is 254 g/mol. The lowest BCUT2D eigenvalue weighted by atomic mass is 9.95. The second-order valence-electron chi connectivity index (χ2n) is 4.52. The summed E-state index contributed by atoms with van der Waals surface area (Å²) >= 11 is 0. The summed E-state index contributed by atoms with van der Waals surface area (Å²) in [5.41, 5.74) is 0.175. The van der Waals surface area contributed by atoms with Crippen molar-refractivity contribution in [1.82, 2.24) is 0 Å². The van der Waals surface area contributed by atoms with Gasteiger partial charge in [0.2, 0.25) is 0 Å². The molecule has 1 aromatic rings. The molecule has 0 amide bonds. The van der Waals surface area contributed by atoms with Gasteiger partial charge in [-0.15, -0.1) is 0 Å². The molecule has 2 atom stereocenters. The number of carboxylic acids is 1. The maximum Gasteiger partial charge on any atom is 0.339 e. The zero-order chi connectivity index (χ0) is 13.0. The van der Waals surface area contributed by atoms with Crippen LogP contribution in [0.25, 0.3) is 0 Å². The number of methoxy groups -OCH3 is 1. The van der Waals surface area contributed by atoms with Crippen LogP contribution >= 0.6 is 0 Å². The molecule has 1 heterocycles. The first-order valence-electron chi connectivity index (χ1n) is 6.14. The normalized spacial score (nSPS) is 24.1. The second kappa shape index (κ2) is 6.02. The molecule has 1 fully saturated rings. The number of hydrogen-bond acceptors (Lipinski definition) is 4. The summed E-state index contributed by atoms with van der Waals surface area (Å²) in [6.07, 6.45) is 5.74. The van der Waals surface area contributed by atoms with Gasteiger partial charge in [-0.3, -0.25) is 0 Å². The minimum Gasteiger partial charge on any atom is -0.478 e. The van der Waals surface area contributed by atoms with Gasteiger partial charge in [0.1, 0.15) is 17.9 Å². The number of aromatic carboxylic acids is 1. The lowest BCUT2D eigenvalue weighted by Crippen LogP contribution is -2.27. The zero-order valence-electron chi connectivity index (χ0n) is 10.4. The summed E-state index contributed by atoms with van der Waals surface area (Å²) in [5, 5.41) is 8.94. The van der Waals surface area contributed by atoms with Crippen molar-refractivity contribution < 1.29 is 23.8 Å². The molecular weight excluding hydrogens is 236 g/mol. The van der Waals surface area contributed by atoms with Crippen molar-refractivity contribution in [1.29, 1.82) is 0 Å². The maximum absolute atomic E-state index is 10.9. The highest BCUT2D eigenvalue weighted by atomic mass is 16.5.